The molecule has 1 amide bonds. The van der Waals surface area contributed by atoms with Gasteiger partial charge in [0.25, 0.3) is 5.91 Å². The maximum absolute atomic E-state index is 13.0. The van der Waals surface area contributed by atoms with Gasteiger partial charge in [-0.05, 0) is 48.7 Å². The summed E-state index contributed by atoms with van der Waals surface area (Å²) < 4.78 is 32.7. The van der Waals surface area contributed by atoms with Gasteiger partial charge in [0.15, 0.2) is 0 Å². The molecule has 0 radical (unpaired) electrons. The quantitative estimate of drug-likeness (QED) is 0.542. The monoisotopic (exact) mass is 482 g/mol. The maximum atomic E-state index is 13.0. The first-order valence-corrected chi connectivity index (χ1v) is 13.2. The number of carbonyl (C=O) groups is 1. The third-order valence-electron chi connectivity index (χ3n) is 5.06. The molecular formula is C22H27ClN2O4S2. The number of rotatable bonds is 9. The zero-order valence-electron chi connectivity index (χ0n) is 17.5. The zero-order valence-corrected chi connectivity index (χ0v) is 19.9. The van der Waals surface area contributed by atoms with E-state index in [1.807, 2.05) is 24.3 Å². The summed E-state index contributed by atoms with van der Waals surface area (Å²) in [5.41, 5.74) is 1.35. The van der Waals surface area contributed by atoms with Crippen LogP contribution in [0.4, 0.5) is 0 Å². The van der Waals surface area contributed by atoms with Crippen LogP contribution in [0.3, 0.4) is 0 Å². The van der Waals surface area contributed by atoms with Crippen molar-refractivity contribution in [2.45, 2.75) is 29.9 Å². The number of nitrogens with zero attached hydrogens (tertiary/aromatic N) is 1. The third kappa shape index (κ3) is 6.38. The lowest BCUT2D eigenvalue weighted by Gasteiger charge is -2.26. The molecule has 0 atom stereocenters. The van der Waals surface area contributed by atoms with Crippen LogP contribution in [0, 0.1) is 0 Å². The molecule has 6 nitrogen and oxygen atoms in total. The van der Waals surface area contributed by atoms with E-state index >= 15 is 0 Å². The summed E-state index contributed by atoms with van der Waals surface area (Å²) in [6, 6.07) is 12.1. The van der Waals surface area contributed by atoms with Crippen molar-refractivity contribution in [2.75, 3.05) is 32.5 Å². The minimum atomic E-state index is -3.62. The average molecular weight is 483 g/mol. The predicted octanol–water partition coefficient (Wildman–Crippen LogP) is 4.19. The molecule has 1 saturated heterocycles. The highest BCUT2D eigenvalue weighted by Crippen LogP contribution is 2.26. The number of thioether (sulfide) groups is 1. The molecular weight excluding hydrogens is 456 g/mol. The van der Waals surface area contributed by atoms with Crippen molar-refractivity contribution in [1.82, 2.24) is 9.62 Å². The van der Waals surface area contributed by atoms with E-state index < -0.39 is 10.0 Å². The number of hydrogen-bond donors (Lipinski definition) is 1. The third-order valence-corrected chi connectivity index (χ3v) is 8.22. The van der Waals surface area contributed by atoms with Crippen LogP contribution in [0.1, 0.15) is 35.2 Å². The number of methoxy groups -OCH3 is 1. The Morgan fingerprint density at radius 2 is 1.94 bits per heavy atom. The normalized spacial score (nSPS) is 14.9. The molecule has 0 spiro atoms. The van der Waals surface area contributed by atoms with E-state index in [1.165, 1.54) is 23.5 Å². The largest absolute Gasteiger partial charge is 0.496 e. The van der Waals surface area contributed by atoms with Gasteiger partial charge in [0.2, 0.25) is 10.0 Å². The Kier molecular flexibility index (Phi) is 8.66. The first-order chi connectivity index (χ1) is 14.9. The van der Waals surface area contributed by atoms with E-state index in [1.54, 1.807) is 17.8 Å². The Hall–Kier alpha value is -1.74. The number of carbonyl (C=O) groups excluding carboxylic acids is 1. The van der Waals surface area contributed by atoms with Crippen molar-refractivity contribution < 1.29 is 17.9 Å². The van der Waals surface area contributed by atoms with E-state index in [4.69, 9.17) is 16.3 Å². The molecule has 0 aliphatic carbocycles. The number of ether oxygens (including phenoxy) is 1. The van der Waals surface area contributed by atoms with Gasteiger partial charge in [0, 0.05) is 36.2 Å². The number of amides is 1. The van der Waals surface area contributed by atoms with Crippen molar-refractivity contribution in [3.05, 3.63) is 58.6 Å². The molecule has 1 aliphatic heterocycles. The van der Waals surface area contributed by atoms with Crippen LogP contribution < -0.4 is 10.1 Å². The summed E-state index contributed by atoms with van der Waals surface area (Å²) in [6.45, 7) is 1.48. The lowest BCUT2D eigenvalue weighted by molar-refractivity contribution is 0.0953. The molecule has 0 saturated carbocycles. The first kappa shape index (κ1) is 23.9. The lowest BCUT2D eigenvalue weighted by Crippen LogP contribution is -2.35. The number of nitrogens with one attached hydrogen (secondary N) is 1. The van der Waals surface area contributed by atoms with E-state index in [0.29, 0.717) is 36.2 Å². The lowest BCUT2D eigenvalue weighted by atomic mass is 10.2. The number of hydrogen-bond acceptors (Lipinski definition) is 5. The highest BCUT2D eigenvalue weighted by Gasteiger charge is 2.27. The molecule has 2 aromatic rings. The van der Waals surface area contributed by atoms with Crippen LogP contribution >= 0.6 is 23.4 Å². The standard InChI is InChI=1S/C22H27ClN2O4S2/c1-29-21-9-8-19(31(27,28)25-11-3-2-4-12-25)15-20(21)22(26)24-10-13-30-16-17-6-5-7-18(23)14-17/h5-9,14-15H,2-4,10-13,16H2,1H3,(H,24,26). The van der Waals surface area contributed by atoms with Gasteiger partial charge in [-0.2, -0.15) is 16.1 Å². The van der Waals surface area contributed by atoms with Crippen LogP contribution in [-0.2, 0) is 15.8 Å². The minimum absolute atomic E-state index is 0.121. The minimum Gasteiger partial charge on any atom is -0.496 e. The number of benzene rings is 2. The summed E-state index contributed by atoms with van der Waals surface area (Å²) in [5, 5.41) is 3.56. The van der Waals surface area contributed by atoms with Crippen LogP contribution in [0.5, 0.6) is 5.75 Å². The average Bonchev–Trinajstić information content (AvgIpc) is 2.79. The Morgan fingerprint density at radius 3 is 2.65 bits per heavy atom. The molecule has 168 valence electrons. The molecule has 0 unspecified atom stereocenters. The second-order valence-corrected chi connectivity index (χ2v) is 10.7. The molecule has 3 rings (SSSR count). The van der Waals surface area contributed by atoms with Crippen molar-refractivity contribution >= 4 is 39.3 Å². The van der Waals surface area contributed by atoms with E-state index in [2.05, 4.69) is 5.32 Å². The second kappa shape index (κ2) is 11.2. The predicted molar refractivity (Wildman–Crippen MR) is 126 cm³/mol. The molecule has 31 heavy (non-hydrogen) atoms. The smallest absolute Gasteiger partial charge is 0.255 e. The molecule has 0 aromatic heterocycles. The van der Waals surface area contributed by atoms with E-state index in [9.17, 15) is 13.2 Å². The van der Waals surface area contributed by atoms with Gasteiger partial charge < -0.3 is 10.1 Å². The SMILES string of the molecule is COc1ccc(S(=O)(=O)N2CCCCC2)cc1C(=O)NCCSCc1cccc(Cl)c1. The van der Waals surface area contributed by atoms with Gasteiger partial charge in [0.05, 0.1) is 17.6 Å². The fourth-order valence-electron chi connectivity index (χ4n) is 3.43. The number of sulfonamides is 1. The van der Waals surface area contributed by atoms with Gasteiger partial charge in [-0.25, -0.2) is 8.42 Å². The highest BCUT2D eigenvalue weighted by molar-refractivity contribution is 7.98. The summed E-state index contributed by atoms with van der Waals surface area (Å²) >= 11 is 7.67. The number of piperidine rings is 1. The zero-order chi connectivity index (χ0) is 22.3. The van der Waals surface area contributed by atoms with Crippen LogP contribution in [0.25, 0.3) is 0 Å². The fourth-order valence-corrected chi connectivity index (χ4v) is 5.99. The molecule has 9 heteroatoms. The van der Waals surface area contributed by atoms with Crippen molar-refractivity contribution in [3.63, 3.8) is 0 Å². The van der Waals surface area contributed by atoms with E-state index in [-0.39, 0.29) is 16.4 Å². The van der Waals surface area contributed by atoms with Crippen LogP contribution in [0.2, 0.25) is 5.02 Å². The topological polar surface area (TPSA) is 75.7 Å². The molecule has 2 aromatic carbocycles. The van der Waals surface area contributed by atoms with Gasteiger partial charge in [-0.1, -0.05) is 30.2 Å². The molecule has 1 N–H and O–H groups in total. The van der Waals surface area contributed by atoms with Crippen LogP contribution in [0.15, 0.2) is 47.4 Å². The Labute approximate surface area is 193 Å². The molecule has 1 aliphatic rings. The van der Waals surface area contributed by atoms with Crippen LogP contribution in [-0.4, -0.2) is 51.1 Å². The Morgan fingerprint density at radius 1 is 1.16 bits per heavy atom. The fraction of sp³-hybridized carbons (Fsp3) is 0.409. The Balaban J connectivity index is 1.61. The van der Waals surface area contributed by atoms with Gasteiger partial charge >= 0.3 is 0 Å². The molecule has 1 heterocycles. The Bertz CT molecular complexity index is 1010. The first-order valence-electron chi connectivity index (χ1n) is 10.2. The number of halogens is 1. The summed E-state index contributed by atoms with van der Waals surface area (Å²) in [6.07, 6.45) is 2.75. The summed E-state index contributed by atoms with van der Waals surface area (Å²) in [5.74, 6) is 1.51. The molecule has 1 fully saturated rings. The second-order valence-electron chi connectivity index (χ2n) is 7.27. The maximum Gasteiger partial charge on any atom is 0.255 e. The van der Waals surface area contributed by atoms with Gasteiger partial charge in [0.1, 0.15) is 5.75 Å². The van der Waals surface area contributed by atoms with Crippen molar-refractivity contribution in [2.24, 2.45) is 0 Å². The van der Waals surface area contributed by atoms with Crippen molar-refractivity contribution in [1.29, 1.82) is 0 Å². The highest BCUT2D eigenvalue weighted by atomic mass is 35.5. The summed E-state index contributed by atoms with van der Waals surface area (Å²) in [4.78, 5) is 12.9. The summed E-state index contributed by atoms with van der Waals surface area (Å²) in [7, 11) is -2.16. The van der Waals surface area contributed by atoms with Gasteiger partial charge in [-0.15, -0.1) is 0 Å². The van der Waals surface area contributed by atoms with Crippen molar-refractivity contribution in [3.8, 4) is 5.75 Å². The molecule has 0 bridgehead atoms. The van der Waals surface area contributed by atoms with Gasteiger partial charge in [-0.3, -0.25) is 4.79 Å². The van der Waals surface area contributed by atoms with E-state index in [0.717, 1.165) is 30.6 Å².